The molecule has 0 fully saturated rings. The maximum Gasteiger partial charge on any atom is 0.247 e. The summed E-state index contributed by atoms with van der Waals surface area (Å²) in [4.78, 5) is 14.7. The van der Waals surface area contributed by atoms with E-state index in [9.17, 15) is 13.6 Å². The predicted octanol–water partition coefficient (Wildman–Crippen LogP) is 1.04. The van der Waals surface area contributed by atoms with E-state index in [-0.39, 0.29) is 18.9 Å². The third-order valence-corrected chi connectivity index (χ3v) is 2.07. The molecule has 1 aromatic carbocycles. The molecule has 2 rings (SSSR count). The van der Waals surface area contributed by atoms with Crippen molar-refractivity contribution < 1.29 is 13.6 Å². The fourth-order valence-electron chi connectivity index (χ4n) is 1.35. The molecular weight excluding hydrogens is 202 g/mol. The van der Waals surface area contributed by atoms with Gasteiger partial charge in [0.1, 0.15) is 24.0 Å². The predicted molar refractivity (Wildman–Crippen MR) is 50.5 cm³/mol. The van der Waals surface area contributed by atoms with Crippen molar-refractivity contribution in [1.29, 1.82) is 0 Å². The zero-order valence-electron chi connectivity index (χ0n) is 7.76. The summed E-state index contributed by atoms with van der Waals surface area (Å²) in [6.07, 6.45) is 0.178. The van der Waals surface area contributed by atoms with Gasteiger partial charge in [0.05, 0.1) is 0 Å². The van der Waals surface area contributed by atoms with Crippen molar-refractivity contribution in [2.24, 2.45) is 4.99 Å². The zero-order valence-corrected chi connectivity index (χ0v) is 7.76. The Hall–Kier alpha value is -1.78. The van der Waals surface area contributed by atoms with Crippen molar-refractivity contribution >= 4 is 11.7 Å². The van der Waals surface area contributed by atoms with E-state index in [0.717, 1.165) is 6.07 Å². The highest BCUT2D eigenvalue weighted by atomic mass is 19.1. The van der Waals surface area contributed by atoms with Gasteiger partial charge in [-0.3, -0.25) is 9.79 Å². The van der Waals surface area contributed by atoms with Crippen LogP contribution in [0, 0.1) is 11.6 Å². The van der Waals surface area contributed by atoms with Crippen molar-refractivity contribution in [2.45, 2.75) is 6.42 Å². The Balaban J connectivity index is 2.14. The lowest BCUT2D eigenvalue weighted by Crippen LogP contribution is -2.26. The molecule has 3 nitrogen and oxygen atoms in total. The average molecular weight is 210 g/mol. The summed E-state index contributed by atoms with van der Waals surface area (Å²) in [5.41, 5.74) is 0.317. The van der Waals surface area contributed by atoms with Crippen LogP contribution in [0.4, 0.5) is 8.78 Å². The van der Waals surface area contributed by atoms with Crippen LogP contribution in [0.5, 0.6) is 0 Å². The van der Waals surface area contributed by atoms with E-state index in [2.05, 4.69) is 10.3 Å². The van der Waals surface area contributed by atoms with E-state index in [1.807, 2.05) is 0 Å². The summed E-state index contributed by atoms with van der Waals surface area (Å²) >= 11 is 0. The van der Waals surface area contributed by atoms with Crippen molar-refractivity contribution in [1.82, 2.24) is 5.32 Å². The third kappa shape index (κ3) is 2.18. The van der Waals surface area contributed by atoms with Gasteiger partial charge >= 0.3 is 0 Å². The molecule has 15 heavy (non-hydrogen) atoms. The number of carbonyl (C=O) groups is 1. The Morgan fingerprint density at radius 1 is 1.40 bits per heavy atom. The zero-order chi connectivity index (χ0) is 10.8. The topological polar surface area (TPSA) is 41.5 Å². The number of hydrogen-bond acceptors (Lipinski definition) is 2. The van der Waals surface area contributed by atoms with Crippen molar-refractivity contribution in [2.75, 3.05) is 6.54 Å². The number of halogens is 2. The number of hydrogen-bond donors (Lipinski definition) is 1. The van der Waals surface area contributed by atoms with Crippen LogP contribution < -0.4 is 5.32 Å². The van der Waals surface area contributed by atoms with E-state index in [1.54, 1.807) is 0 Å². The molecule has 0 saturated carbocycles. The molecule has 0 saturated heterocycles. The van der Waals surface area contributed by atoms with Gasteiger partial charge < -0.3 is 5.32 Å². The fraction of sp³-hybridized carbons (Fsp3) is 0.200. The number of amidine groups is 1. The average Bonchev–Trinajstić information content (AvgIpc) is 2.56. The van der Waals surface area contributed by atoms with Crippen molar-refractivity contribution in [3.8, 4) is 0 Å². The molecular formula is C10H8F2N2O. The number of aliphatic imine (C=N–C) groups is 1. The Morgan fingerprint density at radius 3 is 2.80 bits per heavy atom. The molecule has 0 spiro atoms. The highest BCUT2D eigenvalue weighted by Gasteiger charge is 2.15. The van der Waals surface area contributed by atoms with Crippen molar-refractivity contribution in [3.05, 3.63) is 35.4 Å². The molecule has 1 heterocycles. The van der Waals surface area contributed by atoms with Crippen LogP contribution >= 0.6 is 0 Å². The summed E-state index contributed by atoms with van der Waals surface area (Å²) in [6, 6.07) is 3.33. The summed E-state index contributed by atoms with van der Waals surface area (Å²) in [6.45, 7) is 0.0815. The first-order chi connectivity index (χ1) is 7.15. The summed E-state index contributed by atoms with van der Waals surface area (Å²) < 4.78 is 25.8. The lowest BCUT2D eigenvalue weighted by Gasteiger charge is -2.03. The molecule has 1 N–H and O–H groups in total. The Kier molecular flexibility index (Phi) is 2.45. The first-order valence-corrected chi connectivity index (χ1v) is 4.42. The molecule has 0 aliphatic carbocycles. The number of benzene rings is 1. The monoisotopic (exact) mass is 210 g/mol. The van der Waals surface area contributed by atoms with Crippen molar-refractivity contribution in [3.63, 3.8) is 0 Å². The molecule has 0 bridgehead atoms. The van der Waals surface area contributed by atoms with Crippen LogP contribution in [0.2, 0.25) is 0 Å². The lowest BCUT2D eigenvalue weighted by atomic mass is 10.1. The minimum Gasteiger partial charge on any atom is -0.313 e. The lowest BCUT2D eigenvalue weighted by molar-refractivity contribution is -0.117. The molecule has 0 unspecified atom stereocenters. The van der Waals surface area contributed by atoms with Gasteiger partial charge in [0.2, 0.25) is 5.91 Å². The molecule has 0 radical (unpaired) electrons. The Labute approximate surface area is 84.8 Å². The first-order valence-electron chi connectivity index (χ1n) is 4.42. The standard InChI is InChI=1S/C10H8F2N2O/c11-7-2-1-6(8(12)4-7)3-9-13-5-10(15)14-9/h1-2,4H,3,5H2,(H,13,14,15). The number of rotatable bonds is 2. The van der Waals surface area contributed by atoms with E-state index in [4.69, 9.17) is 0 Å². The van der Waals surface area contributed by atoms with E-state index >= 15 is 0 Å². The van der Waals surface area contributed by atoms with E-state index in [1.165, 1.54) is 12.1 Å². The summed E-state index contributed by atoms with van der Waals surface area (Å²) in [5.74, 6) is -1.02. The normalized spacial score (nSPS) is 15.1. The van der Waals surface area contributed by atoms with Crippen LogP contribution in [0.1, 0.15) is 5.56 Å². The van der Waals surface area contributed by atoms with Crippen LogP contribution in [0.15, 0.2) is 23.2 Å². The minimum atomic E-state index is -0.626. The largest absolute Gasteiger partial charge is 0.313 e. The maximum atomic E-state index is 13.2. The first kappa shape index (κ1) is 9.76. The van der Waals surface area contributed by atoms with Gasteiger partial charge in [-0.05, 0) is 11.6 Å². The third-order valence-electron chi connectivity index (χ3n) is 2.07. The molecule has 78 valence electrons. The number of nitrogens with one attached hydrogen (secondary N) is 1. The number of carbonyl (C=O) groups excluding carboxylic acids is 1. The van der Waals surface area contributed by atoms with Gasteiger partial charge in [0.15, 0.2) is 0 Å². The van der Waals surface area contributed by atoms with Gasteiger partial charge in [-0.15, -0.1) is 0 Å². The van der Waals surface area contributed by atoms with Gasteiger partial charge in [-0.25, -0.2) is 8.78 Å². The molecule has 1 amide bonds. The van der Waals surface area contributed by atoms with E-state index < -0.39 is 11.6 Å². The molecule has 1 aliphatic heterocycles. The van der Waals surface area contributed by atoms with Gasteiger partial charge in [-0.2, -0.15) is 0 Å². The molecule has 1 aliphatic rings. The number of amides is 1. The second-order valence-corrected chi connectivity index (χ2v) is 3.22. The van der Waals surface area contributed by atoms with Crippen LogP contribution in [0.25, 0.3) is 0 Å². The smallest absolute Gasteiger partial charge is 0.247 e. The SMILES string of the molecule is O=C1CN=C(Cc2ccc(F)cc2F)N1. The second-order valence-electron chi connectivity index (χ2n) is 3.22. The van der Waals surface area contributed by atoms with E-state index in [0.29, 0.717) is 11.4 Å². The minimum absolute atomic E-state index is 0.0815. The molecule has 0 aromatic heterocycles. The highest BCUT2D eigenvalue weighted by molar-refractivity contribution is 6.04. The van der Waals surface area contributed by atoms with Crippen LogP contribution in [-0.4, -0.2) is 18.3 Å². The molecule has 0 atom stereocenters. The maximum absolute atomic E-state index is 13.2. The van der Waals surface area contributed by atoms with Gasteiger partial charge in [0.25, 0.3) is 0 Å². The van der Waals surface area contributed by atoms with Crippen LogP contribution in [0.3, 0.4) is 0 Å². The fourth-order valence-corrected chi connectivity index (χ4v) is 1.35. The molecule has 5 heteroatoms. The van der Waals surface area contributed by atoms with Gasteiger partial charge in [-0.1, -0.05) is 6.07 Å². The summed E-state index contributed by atoms with van der Waals surface area (Å²) in [5, 5.41) is 2.49. The number of nitrogens with zero attached hydrogens (tertiary/aromatic N) is 1. The molecule has 1 aromatic rings. The van der Waals surface area contributed by atoms with Crippen LogP contribution in [-0.2, 0) is 11.2 Å². The van der Waals surface area contributed by atoms with Gasteiger partial charge in [0, 0.05) is 12.5 Å². The Bertz CT molecular complexity index is 443. The Morgan fingerprint density at radius 2 is 2.20 bits per heavy atom. The quantitative estimate of drug-likeness (QED) is 0.778. The summed E-state index contributed by atoms with van der Waals surface area (Å²) in [7, 11) is 0. The highest BCUT2D eigenvalue weighted by Crippen LogP contribution is 2.11. The second kappa shape index (κ2) is 3.76.